The number of phenols is 1. The molecule has 1 atom stereocenters. The van der Waals surface area contributed by atoms with Gasteiger partial charge in [0.15, 0.2) is 11.6 Å². The summed E-state index contributed by atoms with van der Waals surface area (Å²) in [5, 5.41) is 12.9. The first-order valence-corrected chi connectivity index (χ1v) is 6.61. The van der Waals surface area contributed by atoms with E-state index in [4.69, 9.17) is 0 Å². The van der Waals surface area contributed by atoms with Crippen LogP contribution in [-0.4, -0.2) is 42.9 Å². The number of alkyl halides is 1. The second kappa shape index (κ2) is 9.00. The number of nitrogens with zero attached hydrogens (tertiary/aromatic N) is 1. The van der Waals surface area contributed by atoms with Crippen molar-refractivity contribution >= 4 is 40.7 Å². The summed E-state index contributed by atoms with van der Waals surface area (Å²) in [6, 6.07) is 2.15. The lowest BCUT2D eigenvalue weighted by Gasteiger charge is -2.34. The Balaban J connectivity index is 0.00000180. The van der Waals surface area contributed by atoms with Gasteiger partial charge in [0.2, 0.25) is 0 Å². The molecule has 0 amide bonds. The normalized spacial score (nSPS) is 16.9. The summed E-state index contributed by atoms with van der Waals surface area (Å²) in [6.45, 7) is 2.26. The van der Waals surface area contributed by atoms with E-state index < -0.39 is 24.3 Å². The van der Waals surface area contributed by atoms with Gasteiger partial charge in [0.05, 0.1) is 6.04 Å². The lowest BCUT2D eigenvalue weighted by Crippen LogP contribution is -2.45. The van der Waals surface area contributed by atoms with E-state index in [1.165, 1.54) is 6.07 Å². The maximum absolute atomic E-state index is 13.5. The molecule has 1 aliphatic heterocycles. The lowest BCUT2D eigenvalue weighted by molar-refractivity contribution is 0.144. The third-order valence-corrected chi connectivity index (χ3v) is 3.61. The second-order valence-electron chi connectivity index (χ2n) is 4.28. The minimum atomic E-state index is -0.729. The largest absolute Gasteiger partial charge is 0.505 e. The summed E-state index contributed by atoms with van der Waals surface area (Å²) in [7, 11) is 0. The molecule has 3 nitrogen and oxygen atoms in total. The molecule has 0 spiro atoms. The molecule has 1 aliphatic rings. The van der Waals surface area contributed by atoms with Crippen molar-refractivity contribution in [1.82, 2.24) is 10.2 Å². The van der Waals surface area contributed by atoms with E-state index in [0.717, 1.165) is 13.1 Å². The number of hydrogen-bond acceptors (Lipinski definition) is 3. The van der Waals surface area contributed by atoms with Crippen molar-refractivity contribution in [3.63, 3.8) is 0 Å². The van der Waals surface area contributed by atoms with Crippen LogP contribution in [0.25, 0.3) is 0 Å². The Kier molecular flexibility index (Phi) is 8.93. The van der Waals surface area contributed by atoms with Gasteiger partial charge >= 0.3 is 0 Å². The Hall–Kier alpha value is -0.140. The van der Waals surface area contributed by atoms with Crippen LogP contribution in [0.2, 0.25) is 0 Å². The smallest absolute Gasteiger partial charge is 0.166 e. The molecule has 2 N–H and O–H groups in total. The van der Waals surface area contributed by atoms with E-state index in [1.807, 2.05) is 4.90 Å². The van der Waals surface area contributed by atoms with Crippen molar-refractivity contribution in [2.45, 2.75) is 6.04 Å². The number of nitrogens with one attached hydrogen (secondary N) is 1. The molecule has 1 aromatic rings. The average molecular weight is 394 g/mol. The van der Waals surface area contributed by atoms with Gasteiger partial charge in [-0.3, -0.25) is 4.90 Å². The fraction of sp³-hybridized carbons (Fsp3) is 0.500. The molecule has 0 bridgehead atoms. The zero-order chi connectivity index (χ0) is 13.1. The first-order valence-electron chi connectivity index (χ1n) is 5.82. The molecule has 0 unspecified atom stereocenters. The van der Waals surface area contributed by atoms with E-state index in [-0.39, 0.29) is 24.8 Å². The van der Waals surface area contributed by atoms with Gasteiger partial charge in [-0.2, -0.15) is 0 Å². The van der Waals surface area contributed by atoms with Crippen LogP contribution in [0.4, 0.5) is 8.78 Å². The molecule has 0 saturated carbocycles. The van der Waals surface area contributed by atoms with Gasteiger partial charge in [0, 0.05) is 36.2 Å². The molecule has 1 fully saturated rings. The minimum Gasteiger partial charge on any atom is -0.505 e. The summed E-state index contributed by atoms with van der Waals surface area (Å²) < 4.78 is 27.2. The van der Waals surface area contributed by atoms with Crippen molar-refractivity contribution in [3.05, 3.63) is 28.0 Å². The van der Waals surface area contributed by atoms with E-state index in [0.29, 0.717) is 23.1 Å². The minimum absolute atomic E-state index is 0. The average Bonchev–Trinajstić information content (AvgIpc) is 2.37. The van der Waals surface area contributed by atoms with Crippen molar-refractivity contribution in [1.29, 1.82) is 0 Å². The monoisotopic (exact) mass is 392 g/mol. The fourth-order valence-corrected chi connectivity index (χ4v) is 2.66. The summed E-state index contributed by atoms with van der Waals surface area (Å²) in [4.78, 5) is 1.91. The topological polar surface area (TPSA) is 35.5 Å². The zero-order valence-corrected chi connectivity index (χ0v) is 13.8. The third-order valence-electron chi connectivity index (χ3n) is 3.16. The molecular weight excluding hydrogens is 377 g/mol. The van der Waals surface area contributed by atoms with Gasteiger partial charge in [-0.05, 0) is 12.1 Å². The number of hydrogen-bond donors (Lipinski definition) is 2. The summed E-state index contributed by atoms with van der Waals surface area (Å²) in [6.07, 6.45) is 0. The molecule has 116 valence electrons. The number of aromatic hydroxyl groups is 1. The number of halogens is 5. The van der Waals surface area contributed by atoms with Crippen LogP contribution in [-0.2, 0) is 0 Å². The van der Waals surface area contributed by atoms with Gasteiger partial charge in [0.25, 0.3) is 0 Å². The third kappa shape index (κ3) is 4.43. The zero-order valence-electron chi connectivity index (χ0n) is 10.6. The molecule has 2 rings (SSSR count). The predicted molar refractivity (Wildman–Crippen MR) is 83.4 cm³/mol. The van der Waals surface area contributed by atoms with Crippen molar-refractivity contribution in [2.75, 3.05) is 32.9 Å². The Morgan fingerprint density at radius 1 is 1.30 bits per heavy atom. The van der Waals surface area contributed by atoms with Gasteiger partial charge in [-0.25, -0.2) is 8.78 Å². The highest BCUT2D eigenvalue weighted by atomic mass is 79.9. The molecule has 0 aliphatic carbocycles. The van der Waals surface area contributed by atoms with Crippen molar-refractivity contribution in [2.24, 2.45) is 0 Å². The standard InChI is InChI=1S/C12H15BrF2N2O.2ClH/c13-8-5-9(12(18)10(15)6-8)11(7-14)17-3-1-16-2-4-17;;/h5-6,11,16,18H,1-4,7H2;2*1H/t11-;;/m1../s1. The van der Waals surface area contributed by atoms with Crippen LogP contribution in [0.1, 0.15) is 11.6 Å². The molecule has 1 saturated heterocycles. The fourth-order valence-electron chi connectivity index (χ4n) is 2.21. The van der Waals surface area contributed by atoms with Crippen LogP contribution in [0.3, 0.4) is 0 Å². The first kappa shape index (κ1) is 19.9. The Bertz CT molecular complexity index is 434. The summed E-state index contributed by atoms with van der Waals surface area (Å²) in [5.41, 5.74) is 0.297. The van der Waals surface area contributed by atoms with Crippen LogP contribution >= 0.6 is 40.7 Å². The van der Waals surface area contributed by atoms with E-state index in [2.05, 4.69) is 21.2 Å². The van der Waals surface area contributed by atoms with Gasteiger partial charge in [-0.15, -0.1) is 24.8 Å². The number of piperazine rings is 1. The van der Waals surface area contributed by atoms with Crippen LogP contribution in [0, 0.1) is 5.82 Å². The van der Waals surface area contributed by atoms with Gasteiger partial charge < -0.3 is 10.4 Å². The summed E-state index contributed by atoms with van der Waals surface area (Å²) in [5.74, 6) is -1.19. The molecular formula is C12H17BrCl2F2N2O. The quantitative estimate of drug-likeness (QED) is 0.828. The van der Waals surface area contributed by atoms with Crippen LogP contribution in [0.15, 0.2) is 16.6 Å². The Morgan fingerprint density at radius 2 is 1.90 bits per heavy atom. The van der Waals surface area contributed by atoms with Crippen LogP contribution in [0.5, 0.6) is 5.75 Å². The number of phenolic OH excluding ortho intramolecular Hbond substituents is 1. The molecule has 0 radical (unpaired) electrons. The van der Waals surface area contributed by atoms with Gasteiger partial charge in [-0.1, -0.05) is 15.9 Å². The number of benzene rings is 1. The van der Waals surface area contributed by atoms with Crippen LogP contribution < -0.4 is 5.32 Å². The van der Waals surface area contributed by atoms with E-state index in [1.54, 1.807) is 6.07 Å². The highest BCUT2D eigenvalue weighted by Gasteiger charge is 2.26. The van der Waals surface area contributed by atoms with Crippen molar-refractivity contribution < 1.29 is 13.9 Å². The van der Waals surface area contributed by atoms with E-state index >= 15 is 0 Å². The van der Waals surface area contributed by atoms with E-state index in [9.17, 15) is 13.9 Å². The molecule has 20 heavy (non-hydrogen) atoms. The maximum Gasteiger partial charge on any atom is 0.166 e. The Labute approximate surface area is 137 Å². The second-order valence-corrected chi connectivity index (χ2v) is 5.20. The molecule has 1 heterocycles. The molecule has 8 heteroatoms. The van der Waals surface area contributed by atoms with Gasteiger partial charge in [0.1, 0.15) is 6.67 Å². The molecule has 1 aromatic carbocycles. The lowest BCUT2D eigenvalue weighted by atomic mass is 10.0. The maximum atomic E-state index is 13.5. The first-order chi connectivity index (χ1) is 8.63. The SMILES string of the molecule is Cl.Cl.Oc1c(F)cc(Br)cc1[C@@H](CF)N1CCNCC1. The number of rotatable bonds is 3. The van der Waals surface area contributed by atoms with Crippen molar-refractivity contribution in [3.8, 4) is 5.75 Å². The predicted octanol–water partition coefficient (Wildman–Crippen LogP) is 3.05. The molecule has 0 aromatic heterocycles. The Morgan fingerprint density at radius 3 is 2.45 bits per heavy atom. The highest BCUT2D eigenvalue weighted by molar-refractivity contribution is 9.10. The highest BCUT2D eigenvalue weighted by Crippen LogP contribution is 2.34. The summed E-state index contributed by atoms with van der Waals surface area (Å²) >= 11 is 3.16.